The average Bonchev–Trinajstić information content (AvgIpc) is 3.40. The third-order valence-electron chi connectivity index (χ3n) is 6.37. The van der Waals surface area contributed by atoms with Gasteiger partial charge in [-0.1, -0.05) is 56.4 Å². The van der Waals surface area contributed by atoms with Gasteiger partial charge in [-0.3, -0.25) is 13.9 Å². The van der Waals surface area contributed by atoms with Gasteiger partial charge in [0.05, 0.1) is 5.52 Å². The van der Waals surface area contributed by atoms with E-state index in [1.165, 1.54) is 32.1 Å². The molecule has 0 aliphatic heterocycles. The summed E-state index contributed by atoms with van der Waals surface area (Å²) < 4.78 is 3.96. The van der Waals surface area contributed by atoms with Crippen LogP contribution in [0.4, 0.5) is 0 Å². The number of nitrogens with one attached hydrogen (secondary N) is 1. The maximum atomic E-state index is 12.9. The number of fused-ring (bicyclic) bond motifs is 2. The molecular weight excluding hydrogens is 388 g/mol. The standard InChI is InChI=1S/C24H28N6O/c31-24(25-15-13-22-27-26-21-12-6-7-16-29(21)22)23-19-10-4-5-11-20(19)30(28-23)17-14-18-8-2-1-3-9-18/h4-7,10-12,16,18H,1-3,8-9,13-15,17H2,(H,25,31). The number of benzene rings is 1. The lowest BCUT2D eigenvalue weighted by atomic mass is 9.87. The van der Waals surface area contributed by atoms with Crippen LogP contribution in [0.25, 0.3) is 16.6 Å². The lowest BCUT2D eigenvalue weighted by Crippen LogP contribution is -2.27. The smallest absolute Gasteiger partial charge is 0.272 e. The molecule has 1 N–H and O–H groups in total. The van der Waals surface area contributed by atoms with Crippen molar-refractivity contribution in [3.8, 4) is 0 Å². The van der Waals surface area contributed by atoms with Gasteiger partial charge in [-0.25, -0.2) is 0 Å². The summed E-state index contributed by atoms with van der Waals surface area (Å²) in [4.78, 5) is 12.9. The van der Waals surface area contributed by atoms with E-state index in [9.17, 15) is 4.79 Å². The van der Waals surface area contributed by atoms with Gasteiger partial charge in [0.25, 0.3) is 5.91 Å². The second-order valence-electron chi connectivity index (χ2n) is 8.43. The maximum Gasteiger partial charge on any atom is 0.272 e. The van der Waals surface area contributed by atoms with Gasteiger partial charge in [0.2, 0.25) is 0 Å². The van der Waals surface area contributed by atoms with Crippen LogP contribution in [0, 0.1) is 5.92 Å². The molecule has 7 nitrogen and oxygen atoms in total. The molecule has 31 heavy (non-hydrogen) atoms. The Bertz CT molecular complexity index is 1190. The summed E-state index contributed by atoms with van der Waals surface area (Å²) in [6.07, 6.45) is 10.4. The van der Waals surface area contributed by atoms with Crippen LogP contribution in [-0.2, 0) is 13.0 Å². The van der Waals surface area contributed by atoms with E-state index >= 15 is 0 Å². The van der Waals surface area contributed by atoms with E-state index in [2.05, 4.69) is 21.6 Å². The molecule has 1 aliphatic carbocycles. The molecule has 0 saturated heterocycles. The van der Waals surface area contributed by atoms with E-state index in [1.54, 1.807) is 0 Å². The molecule has 3 heterocycles. The maximum absolute atomic E-state index is 12.9. The number of carbonyl (C=O) groups excluding carboxylic acids is 1. The molecule has 3 aromatic heterocycles. The third kappa shape index (κ3) is 4.17. The fourth-order valence-corrected chi connectivity index (χ4v) is 4.68. The van der Waals surface area contributed by atoms with Crippen molar-refractivity contribution in [2.24, 2.45) is 5.92 Å². The van der Waals surface area contributed by atoms with E-state index in [1.807, 2.05) is 51.7 Å². The Labute approximate surface area is 181 Å². The van der Waals surface area contributed by atoms with Gasteiger partial charge >= 0.3 is 0 Å². The zero-order chi connectivity index (χ0) is 21.0. The van der Waals surface area contributed by atoms with Crippen molar-refractivity contribution in [2.45, 2.75) is 51.5 Å². The number of amides is 1. The van der Waals surface area contributed by atoms with Gasteiger partial charge in [0.1, 0.15) is 5.82 Å². The summed E-state index contributed by atoms with van der Waals surface area (Å²) in [5.74, 6) is 1.48. The van der Waals surface area contributed by atoms with Crippen LogP contribution >= 0.6 is 0 Å². The molecule has 5 rings (SSSR count). The lowest BCUT2D eigenvalue weighted by Gasteiger charge is -2.21. The Hall–Kier alpha value is -3.22. The number of hydrogen-bond donors (Lipinski definition) is 1. The number of pyridine rings is 1. The number of para-hydroxylation sites is 1. The van der Waals surface area contributed by atoms with Crippen LogP contribution in [0.1, 0.15) is 54.8 Å². The highest BCUT2D eigenvalue weighted by Crippen LogP contribution is 2.27. The fourth-order valence-electron chi connectivity index (χ4n) is 4.68. The summed E-state index contributed by atoms with van der Waals surface area (Å²) in [7, 11) is 0. The van der Waals surface area contributed by atoms with Crippen LogP contribution in [-0.4, -0.2) is 36.8 Å². The number of hydrogen-bond acceptors (Lipinski definition) is 4. The zero-order valence-corrected chi connectivity index (χ0v) is 17.7. The van der Waals surface area contributed by atoms with Crippen LogP contribution < -0.4 is 5.32 Å². The topological polar surface area (TPSA) is 77.1 Å². The molecule has 1 aliphatic rings. The average molecular weight is 417 g/mol. The highest BCUT2D eigenvalue weighted by atomic mass is 16.1. The van der Waals surface area contributed by atoms with E-state index in [4.69, 9.17) is 5.10 Å². The third-order valence-corrected chi connectivity index (χ3v) is 6.37. The van der Waals surface area contributed by atoms with E-state index in [0.717, 1.165) is 41.3 Å². The molecule has 0 spiro atoms. The molecule has 0 bridgehead atoms. The zero-order valence-electron chi connectivity index (χ0n) is 17.7. The Morgan fingerprint density at radius 2 is 1.87 bits per heavy atom. The Morgan fingerprint density at radius 1 is 1.03 bits per heavy atom. The molecular formula is C24H28N6O. The van der Waals surface area contributed by atoms with Crippen molar-refractivity contribution in [2.75, 3.05) is 6.54 Å². The number of aryl methyl sites for hydroxylation is 1. The van der Waals surface area contributed by atoms with Crippen molar-refractivity contribution < 1.29 is 4.79 Å². The monoisotopic (exact) mass is 416 g/mol. The Kier molecular flexibility index (Phi) is 5.65. The second kappa shape index (κ2) is 8.88. The van der Waals surface area contributed by atoms with Gasteiger partial charge in [0, 0.05) is 31.1 Å². The van der Waals surface area contributed by atoms with Crippen molar-refractivity contribution in [1.29, 1.82) is 0 Å². The molecule has 1 fully saturated rings. The molecule has 1 aromatic carbocycles. The van der Waals surface area contributed by atoms with Gasteiger partial charge in [-0.05, 0) is 30.5 Å². The van der Waals surface area contributed by atoms with E-state index in [-0.39, 0.29) is 5.91 Å². The first kappa shape index (κ1) is 19.7. The summed E-state index contributed by atoms with van der Waals surface area (Å²) in [6, 6.07) is 13.8. The highest BCUT2D eigenvalue weighted by molar-refractivity contribution is 6.04. The first-order valence-corrected chi connectivity index (χ1v) is 11.3. The number of carbonyl (C=O) groups is 1. The van der Waals surface area contributed by atoms with Crippen molar-refractivity contribution >= 4 is 22.5 Å². The summed E-state index contributed by atoms with van der Waals surface area (Å²) in [5.41, 5.74) is 2.35. The summed E-state index contributed by atoms with van der Waals surface area (Å²) >= 11 is 0. The quantitative estimate of drug-likeness (QED) is 0.494. The SMILES string of the molecule is O=C(NCCc1nnc2ccccn12)c1nn(CCC2CCCCC2)c2ccccc12. The van der Waals surface area contributed by atoms with Crippen LogP contribution in [0.5, 0.6) is 0 Å². The van der Waals surface area contributed by atoms with Crippen LogP contribution in [0.15, 0.2) is 48.7 Å². The van der Waals surface area contributed by atoms with Crippen molar-refractivity contribution in [1.82, 2.24) is 29.7 Å². The molecule has 1 saturated carbocycles. The number of rotatable bonds is 7. The van der Waals surface area contributed by atoms with Gasteiger partial charge in [-0.15, -0.1) is 10.2 Å². The largest absolute Gasteiger partial charge is 0.350 e. The van der Waals surface area contributed by atoms with Crippen LogP contribution in [0.2, 0.25) is 0 Å². The minimum absolute atomic E-state index is 0.138. The molecule has 0 radical (unpaired) electrons. The van der Waals surface area contributed by atoms with Crippen LogP contribution in [0.3, 0.4) is 0 Å². The molecule has 4 aromatic rings. The second-order valence-corrected chi connectivity index (χ2v) is 8.43. The predicted octanol–water partition coefficient (Wildman–Crippen LogP) is 4.02. The predicted molar refractivity (Wildman–Crippen MR) is 120 cm³/mol. The first-order valence-electron chi connectivity index (χ1n) is 11.3. The normalized spacial score (nSPS) is 15.0. The minimum Gasteiger partial charge on any atom is -0.350 e. The fraction of sp³-hybridized carbons (Fsp3) is 0.417. The minimum atomic E-state index is -0.138. The number of nitrogens with zero attached hydrogens (tertiary/aromatic N) is 5. The first-order chi connectivity index (χ1) is 15.3. The number of aromatic nitrogens is 5. The van der Waals surface area contributed by atoms with E-state index < -0.39 is 0 Å². The summed E-state index contributed by atoms with van der Waals surface area (Å²) in [5, 5.41) is 17.0. The van der Waals surface area contributed by atoms with Crippen molar-refractivity contribution in [3.05, 3.63) is 60.2 Å². The van der Waals surface area contributed by atoms with Crippen molar-refractivity contribution in [3.63, 3.8) is 0 Å². The molecule has 0 unspecified atom stereocenters. The van der Waals surface area contributed by atoms with E-state index in [0.29, 0.717) is 18.7 Å². The molecule has 1 amide bonds. The highest BCUT2D eigenvalue weighted by Gasteiger charge is 2.19. The lowest BCUT2D eigenvalue weighted by molar-refractivity contribution is 0.0949. The van der Waals surface area contributed by atoms with Gasteiger partial charge < -0.3 is 5.32 Å². The molecule has 7 heteroatoms. The Balaban J connectivity index is 1.27. The summed E-state index contributed by atoms with van der Waals surface area (Å²) in [6.45, 7) is 1.35. The Morgan fingerprint density at radius 3 is 2.77 bits per heavy atom. The van der Waals surface area contributed by atoms with Gasteiger partial charge in [0.15, 0.2) is 11.3 Å². The van der Waals surface area contributed by atoms with Gasteiger partial charge in [-0.2, -0.15) is 5.10 Å². The molecule has 160 valence electrons. The molecule has 0 atom stereocenters.